The van der Waals surface area contributed by atoms with Crippen molar-refractivity contribution in [2.75, 3.05) is 19.6 Å². The zero-order valence-corrected chi connectivity index (χ0v) is 19.4. The number of carbonyl (C=O) groups is 1. The molecule has 6 heteroatoms. The average molecular weight is 462 g/mol. The van der Waals surface area contributed by atoms with Crippen LogP contribution in [0.2, 0.25) is 0 Å². The van der Waals surface area contributed by atoms with E-state index in [0.29, 0.717) is 23.9 Å². The van der Waals surface area contributed by atoms with Crippen molar-refractivity contribution in [1.82, 2.24) is 9.80 Å². The number of likely N-dealkylation sites (tertiary alicyclic amines) is 1. The lowest BCUT2D eigenvalue weighted by molar-refractivity contribution is -0.140. The first-order chi connectivity index (χ1) is 14.2. The minimum Gasteiger partial charge on any atom is -0.340 e. The van der Waals surface area contributed by atoms with Crippen molar-refractivity contribution in [1.29, 1.82) is 0 Å². The number of nitrogens with two attached hydrogens (primary N) is 1. The fraction of sp³-hybridized carbons (Fsp3) is 0.480. The molecule has 2 bridgehead atoms. The topological polar surface area (TPSA) is 49.6 Å². The molecule has 2 aromatic rings. The molecule has 2 aromatic carbocycles. The Balaban J connectivity index is 0.00000136. The molecule has 0 saturated carbocycles. The second kappa shape index (κ2) is 10.4. The fourth-order valence-corrected chi connectivity index (χ4v) is 6.02. The van der Waals surface area contributed by atoms with E-state index in [-0.39, 0.29) is 30.7 Å². The number of nitrogens with zero attached hydrogens (tertiary/aromatic N) is 2. The zero-order valence-electron chi connectivity index (χ0n) is 17.8. The largest absolute Gasteiger partial charge is 0.340 e. The quantitative estimate of drug-likeness (QED) is 0.725. The van der Waals surface area contributed by atoms with Gasteiger partial charge in [-0.1, -0.05) is 60.7 Å². The van der Waals surface area contributed by atoms with Gasteiger partial charge in [0.1, 0.15) is 6.04 Å². The molecule has 31 heavy (non-hydrogen) atoms. The van der Waals surface area contributed by atoms with Gasteiger partial charge in [0.2, 0.25) is 5.91 Å². The van der Waals surface area contributed by atoms with Crippen LogP contribution < -0.4 is 5.73 Å². The Morgan fingerprint density at radius 2 is 1.58 bits per heavy atom. The van der Waals surface area contributed by atoms with Gasteiger partial charge in [0, 0.05) is 31.7 Å². The number of hydrogen-bond donors (Lipinski definition) is 1. The number of benzene rings is 2. The maximum atomic E-state index is 13.2. The van der Waals surface area contributed by atoms with E-state index in [2.05, 4.69) is 40.1 Å². The standard InChI is InChI=1S/C25H31N3O.2ClH/c26-24(20-10-5-2-6-11-20)25(29)27-15-18-14-21(17-27)23-13-7-12-22(28(23)16-18)19-8-3-1-4-9-19;;/h1-6,8-11,18,21-24H,7,12-17,26H2;2*1H/t18-,21+,22+,23-,24-;;/m0../s1. The van der Waals surface area contributed by atoms with E-state index in [1.54, 1.807) is 0 Å². The smallest absolute Gasteiger partial charge is 0.244 e. The SMILES string of the molecule is Cl.Cl.N[C@H](C(=O)N1C[C@@H]2C[C@H](C1)[C@@H]1CCC[C@H](c3ccccc3)N1C2)c1ccccc1. The number of hydrogen-bond acceptors (Lipinski definition) is 3. The van der Waals surface area contributed by atoms with Gasteiger partial charge in [0.25, 0.3) is 0 Å². The van der Waals surface area contributed by atoms with Crippen molar-refractivity contribution in [2.45, 2.75) is 43.8 Å². The zero-order chi connectivity index (χ0) is 19.8. The first kappa shape index (κ1) is 24.1. The third-order valence-electron chi connectivity index (χ3n) is 7.31. The van der Waals surface area contributed by atoms with Gasteiger partial charge in [-0.15, -0.1) is 24.8 Å². The number of fused-ring (bicyclic) bond motifs is 4. The van der Waals surface area contributed by atoms with Gasteiger partial charge in [0.15, 0.2) is 0 Å². The van der Waals surface area contributed by atoms with Crippen LogP contribution in [0.3, 0.4) is 0 Å². The summed E-state index contributed by atoms with van der Waals surface area (Å²) in [7, 11) is 0. The summed E-state index contributed by atoms with van der Waals surface area (Å²) in [4.78, 5) is 18.0. The van der Waals surface area contributed by atoms with E-state index in [9.17, 15) is 4.79 Å². The molecular formula is C25H33Cl2N3O. The normalized spacial score (nSPS) is 28.5. The summed E-state index contributed by atoms with van der Waals surface area (Å²) in [5.41, 5.74) is 8.72. The second-order valence-corrected chi connectivity index (χ2v) is 9.11. The van der Waals surface area contributed by atoms with Crippen LogP contribution in [0.5, 0.6) is 0 Å². The Morgan fingerprint density at radius 3 is 2.29 bits per heavy atom. The molecule has 3 saturated heterocycles. The van der Waals surface area contributed by atoms with E-state index in [1.807, 2.05) is 30.3 Å². The molecule has 0 aliphatic carbocycles. The molecule has 3 fully saturated rings. The Bertz CT molecular complexity index is 850. The predicted molar refractivity (Wildman–Crippen MR) is 130 cm³/mol. The molecule has 0 spiro atoms. The van der Waals surface area contributed by atoms with Gasteiger partial charge in [-0.2, -0.15) is 0 Å². The maximum Gasteiger partial charge on any atom is 0.244 e. The lowest BCUT2D eigenvalue weighted by atomic mass is 9.73. The molecule has 5 rings (SSSR count). The van der Waals surface area contributed by atoms with Crippen LogP contribution >= 0.6 is 24.8 Å². The van der Waals surface area contributed by atoms with E-state index >= 15 is 0 Å². The summed E-state index contributed by atoms with van der Waals surface area (Å²) in [6, 6.07) is 21.4. The van der Waals surface area contributed by atoms with Gasteiger partial charge in [0.05, 0.1) is 0 Å². The highest BCUT2D eigenvalue weighted by atomic mass is 35.5. The van der Waals surface area contributed by atoms with Crippen LogP contribution in [0.1, 0.15) is 48.9 Å². The van der Waals surface area contributed by atoms with Gasteiger partial charge in [-0.3, -0.25) is 9.69 Å². The Labute approximate surface area is 198 Å². The van der Waals surface area contributed by atoms with Gasteiger partial charge < -0.3 is 10.6 Å². The summed E-state index contributed by atoms with van der Waals surface area (Å²) >= 11 is 0. The van der Waals surface area contributed by atoms with Crippen LogP contribution in [0.15, 0.2) is 60.7 Å². The van der Waals surface area contributed by atoms with Crippen LogP contribution in [0.4, 0.5) is 0 Å². The summed E-state index contributed by atoms with van der Waals surface area (Å²) < 4.78 is 0. The Kier molecular flexibility index (Phi) is 8.03. The van der Waals surface area contributed by atoms with Crippen LogP contribution in [-0.4, -0.2) is 41.4 Å². The maximum absolute atomic E-state index is 13.2. The summed E-state index contributed by atoms with van der Waals surface area (Å²) in [5, 5.41) is 0. The first-order valence-corrected chi connectivity index (χ1v) is 11.1. The van der Waals surface area contributed by atoms with Crippen molar-refractivity contribution in [3.8, 4) is 0 Å². The number of halogens is 2. The van der Waals surface area contributed by atoms with Gasteiger partial charge >= 0.3 is 0 Å². The molecule has 4 nitrogen and oxygen atoms in total. The third-order valence-corrected chi connectivity index (χ3v) is 7.31. The minimum absolute atomic E-state index is 0. The molecule has 1 amide bonds. The fourth-order valence-electron chi connectivity index (χ4n) is 6.02. The van der Waals surface area contributed by atoms with Crippen molar-refractivity contribution >= 4 is 30.7 Å². The van der Waals surface area contributed by atoms with Crippen LogP contribution in [0, 0.1) is 11.8 Å². The highest BCUT2D eigenvalue weighted by molar-refractivity contribution is 5.85. The lowest BCUT2D eigenvalue weighted by Crippen LogP contribution is -2.61. The predicted octanol–water partition coefficient (Wildman–Crippen LogP) is 4.60. The monoisotopic (exact) mass is 461 g/mol. The Morgan fingerprint density at radius 1 is 0.903 bits per heavy atom. The summed E-state index contributed by atoms with van der Waals surface area (Å²) in [5.74, 6) is 1.22. The van der Waals surface area contributed by atoms with E-state index < -0.39 is 6.04 Å². The van der Waals surface area contributed by atoms with E-state index in [1.165, 1.54) is 31.2 Å². The first-order valence-electron chi connectivity index (χ1n) is 11.1. The number of rotatable bonds is 3. The highest BCUT2D eigenvalue weighted by Crippen LogP contribution is 2.44. The summed E-state index contributed by atoms with van der Waals surface area (Å²) in [6.07, 6.45) is 5.04. The van der Waals surface area contributed by atoms with Crippen molar-refractivity contribution in [3.63, 3.8) is 0 Å². The molecule has 0 radical (unpaired) electrons. The van der Waals surface area contributed by atoms with Gasteiger partial charge in [-0.05, 0) is 48.6 Å². The minimum atomic E-state index is -0.547. The molecule has 168 valence electrons. The number of piperidine rings is 3. The average Bonchev–Trinajstić information content (AvgIpc) is 2.79. The molecule has 0 aromatic heterocycles. The van der Waals surface area contributed by atoms with Crippen molar-refractivity contribution in [2.24, 2.45) is 17.6 Å². The molecule has 3 heterocycles. The highest BCUT2D eigenvalue weighted by Gasteiger charge is 2.46. The number of amides is 1. The Hall–Kier alpha value is -1.59. The molecule has 2 N–H and O–H groups in total. The van der Waals surface area contributed by atoms with Crippen LogP contribution in [-0.2, 0) is 4.79 Å². The van der Waals surface area contributed by atoms with E-state index in [4.69, 9.17) is 5.73 Å². The van der Waals surface area contributed by atoms with Gasteiger partial charge in [-0.25, -0.2) is 0 Å². The number of carbonyl (C=O) groups excluding carboxylic acids is 1. The molecular weight excluding hydrogens is 429 g/mol. The summed E-state index contributed by atoms with van der Waals surface area (Å²) in [6.45, 7) is 2.81. The van der Waals surface area contributed by atoms with Crippen LogP contribution in [0.25, 0.3) is 0 Å². The molecule has 3 aliphatic rings. The lowest BCUT2D eigenvalue weighted by Gasteiger charge is -2.55. The van der Waals surface area contributed by atoms with Crippen molar-refractivity contribution in [3.05, 3.63) is 71.8 Å². The molecule has 5 atom stereocenters. The third kappa shape index (κ3) is 4.78. The molecule has 0 unspecified atom stereocenters. The van der Waals surface area contributed by atoms with Crippen molar-refractivity contribution < 1.29 is 4.79 Å². The molecule has 3 aliphatic heterocycles. The second-order valence-electron chi connectivity index (χ2n) is 9.11. The van der Waals surface area contributed by atoms with E-state index in [0.717, 1.165) is 25.2 Å².